The van der Waals surface area contributed by atoms with Gasteiger partial charge in [-0.2, -0.15) is 0 Å². The molecule has 0 bridgehead atoms. The summed E-state index contributed by atoms with van der Waals surface area (Å²) in [5, 5.41) is 17.5. The van der Waals surface area contributed by atoms with E-state index in [9.17, 15) is 8.42 Å². The van der Waals surface area contributed by atoms with Crippen molar-refractivity contribution in [2.24, 2.45) is 0 Å². The number of hydrogen-bond donors (Lipinski definition) is 2. The Hall–Kier alpha value is -0.495. The van der Waals surface area contributed by atoms with Crippen molar-refractivity contribution in [3.05, 3.63) is 17.4 Å². The fourth-order valence-corrected chi connectivity index (χ4v) is 1.72. The molecule has 0 aromatic carbocycles. The molecule has 0 amide bonds. The van der Waals surface area contributed by atoms with Crippen molar-refractivity contribution in [1.29, 1.82) is 0 Å². The Labute approximate surface area is 80.8 Å². The second-order valence-corrected chi connectivity index (χ2v) is 4.82. The lowest BCUT2D eigenvalue weighted by Crippen LogP contribution is -2.29. The molecule has 13 heavy (non-hydrogen) atoms. The van der Waals surface area contributed by atoms with Crippen LogP contribution in [0, 0.1) is 0 Å². The molecule has 1 heterocycles. The Balaban J connectivity index is 3.25. The second kappa shape index (κ2) is 3.34. The lowest BCUT2D eigenvalue weighted by atomic mass is 9.83. The van der Waals surface area contributed by atoms with Gasteiger partial charge >= 0.3 is 7.12 Å². The summed E-state index contributed by atoms with van der Waals surface area (Å²) in [6.07, 6.45) is 3.14. The van der Waals surface area contributed by atoms with Crippen LogP contribution in [0.5, 0.6) is 0 Å². The fraction of sp³-hybridized carbons (Fsp3) is 0.200. The van der Waals surface area contributed by atoms with Crippen molar-refractivity contribution in [1.82, 2.24) is 3.97 Å². The van der Waals surface area contributed by atoms with Crippen LogP contribution >= 0.6 is 11.6 Å². The van der Waals surface area contributed by atoms with E-state index in [4.69, 9.17) is 21.6 Å². The van der Waals surface area contributed by atoms with Crippen LogP contribution in [0.3, 0.4) is 0 Å². The minimum absolute atomic E-state index is 0.000394. The van der Waals surface area contributed by atoms with Crippen molar-refractivity contribution in [2.75, 3.05) is 6.26 Å². The van der Waals surface area contributed by atoms with Crippen molar-refractivity contribution in [3.63, 3.8) is 0 Å². The first-order valence-electron chi connectivity index (χ1n) is 3.26. The van der Waals surface area contributed by atoms with Gasteiger partial charge in [0.25, 0.3) is 0 Å². The maximum atomic E-state index is 11.0. The van der Waals surface area contributed by atoms with Crippen LogP contribution in [0.2, 0.25) is 5.02 Å². The maximum absolute atomic E-state index is 11.0. The Morgan fingerprint density at radius 3 is 2.23 bits per heavy atom. The summed E-state index contributed by atoms with van der Waals surface area (Å²) in [7, 11) is -5.20. The lowest BCUT2D eigenvalue weighted by molar-refractivity contribution is 0.426. The zero-order valence-corrected chi connectivity index (χ0v) is 8.25. The normalized spacial score (nSPS) is 11.7. The Morgan fingerprint density at radius 1 is 1.46 bits per heavy atom. The van der Waals surface area contributed by atoms with E-state index < -0.39 is 17.1 Å². The van der Waals surface area contributed by atoms with Gasteiger partial charge in [-0.3, -0.25) is 3.97 Å². The first-order valence-corrected chi connectivity index (χ1v) is 5.49. The van der Waals surface area contributed by atoms with Gasteiger partial charge < -0.3 is 10.0 Å². The molecule has 0 aliphatic rings. The molecule has 0 radical (unpaired) electrons. The van der Waals surface area contributed by atoms with Gasteiger partial charge in [-0.1, -0.05) is 11.6 Å². The third-order valence-electron chi connectivity index (χ3n) is 1.44. The van der Waals surface area contributed by atoms with E-state index in [1.54, 1.807) is 0 Å². The van der Waals surface area contributed by atoms with E-state index in [1.807, 2.05) is 0 Å². The lowest BCUT2D eigenvalue weighted by Gasteiger charge is -1.96. The molecule has 1 aromatic rings. The third-order valence-corrected chi connectivity index (χ3v) is 2.74. The predicted octanol–water partition coefficient (Wildman–Crippen LogP) is -1.37. The molecule has 0 aliphatic carbocycles. The first-order chi connectivity index (χ1) is 5.82. The monoisotopic (exact) mass is 223 g/mol. The Bertz CT molecular complexity index is 412. The molecule has 0 aliphatic heterocycles. The molecule has 8 heteroatoms. The van der Waals surface area contributed by atoms with Gasteiger partial charge in [0.05, 0.1) is 11.3 Å². The van der Waals surface area contributed by atoms with E-state index in [2.05, 4.69) is 0 Å². The molecule has 72 valence electrons. The fourth-order valence-electron chi connectivity index (χ4n) is 0.804. The summed E-state index contributed by atoms with van der Waals surface area (Å²) < 4.78 is 22.7. The molecule has 1 aromatic heterocycles. The van der Waals surface area contributed by atoms with Crippen molar-refractivity contribution in [2.45, 2.75) is 0 Å². The topological polar surface area (TPSA) is 79.5 Å². The highest BCUT2D eigenvalue weighted by Crippen LogP contribution is 2.08. The molecule has 5 nitrogen and oxygen atoms in total. The summed E-state index contributed by atoms with van der Waals surface area (Å²) >= 11 is 5.54. The van der Waals surface area contributed by atoms with Crippen LogP contribution in [0.1, 0.15) is 0 Å². The van der Waals surface area contributed by atoms with Gasteiger partial charge in [-0.15, -0.1) is 0 Å². The van der Waals surface area contributed by atoms with Crippen LogP contribution < -0.4 is 5.46 Å². The molecule has 0 fully saturated rings. The highest BCUT2D eigenvalue weighted by molar-refractivity contribution is 7.89. The average molecular weight is 223 g/mol. The number of rotatable bonds is 2. The van der Waals surface area contributed by atoms with Crippen LogP contribution in [-0.2, 0) is 10.0 Å². The Kier molecular flexibility index (Phi) is 2.72. The smallest absolute Gasteiger partial charge is 0.423 e. The van der Waals surface area contributed by atoms with Crippen LogP contribution in [-0.4, -0.2) is 35.8 Å². The van der Waals surface area contributed by atoms with Gasteiger partial charge in [0.2, 0.25) is 10.0 Å². The first kappa shape index (κ1) is 10.6. The minimum atomic E-state index is -3.43. The summed E-state index contributed by atoms with van der Waals surface area (Å²) in [5.41, 5.74) is -0.0351. The number of halogens is 1. The second-order valence-electron chi connectivity index (χ2n) is 2.53. The highest BCUT2D eigenvalue weighted by Gasteiger charge is 2.19. The number of nitrogens with zero attached hydrogens (tertiary/aromatic N) is 1. The van der Waals surface area contributed by atoms with Crippen molar-refractivity contribution in [3.8, 4) is 0 Å². The van der Waals surface area contributed by atoms with Gasteiger partial charge in [-0.25, -0.2) is 8.42 Å². The van der Waals surface area contributed by atoms with Crippen LogP contribution in [0.25, 0.3) is 0 Å². The zero-order chi connectivity index (χ0) is 10.2. The summed E-state index contributed by atoms with van der Waals surface area (Å²) in [5.74, 6) is 0. The van der Waals surface area contributed by atoms with Crippen molar-refractivity contribution < 1.29 is 18.5 Å². The molecule has 2 N–H and O–H groups in total. The summed E-state index contributed by atoms with van der Waals surface area (Å²) in [6.45, 7) is 0. The zero-order valence-electron chi connectivity index (χ0n) is 6.68. The molecule has 0 saturated heterocycles. The van der Waals surface area contributed by atoms with Gasteiger partial charge in [0.1, 0.15) is 0 Å². The highest BCUT2D eigenvalue weighted by atomic mass is 35.5. The minimum Gasteiger partial charge on any atom is -0.423 e. The van der Waals surface area contributed by atoms with Crippen LogP contribution in [0.15, 0.2) is 12.4 Å². The van der Waals surface area contributed by atoms with E-state index in [0.29, 0.717) is 0 Å². The molecule has 0 atom stereocenters. The van der Waals surface area contributed by atoms with E-state index in [1.165, 1.54) is 0 Å². The number of hydrogen-bond acceptors (Lipinski definition) is 4. The molecular weight excluding hydrogens is 216 g/mol. The van der Waals surface area contributed by atoms with Crippen LogP contribution in [0.4, 0.5) is 0 Å². The largest absolute Gasteiger partial charge is 0.491 e. The van der Waals surface area contributed by atoms with E-state index in [-0.39, 0.29) is 10.5 Å². The third kappa shape index (κ3) is 2.25. The molecule has 0 spiro atoms. The van der Waals surface area contributed by atoms with Gasteiger partial charge in [-0.05, 0) is 0 Å². The van der Waals surface area contributed by atoms with E-state index in [0.717, 1.165) is 22.6 Å². The van der Waals surface area contributed by atoms with Gasteiger partial charge in [0.15, 0.2) is 0 Å². The van der Waals surface area contributed by atoms with Gasteiger partial charge in [0, 0.05) is 17.9 Å². The quantitative estimate of drug-likeness (QED) is 0.606. The SMILES string of the molecule is CS(=O)(=O)n1cc(Cl)c(B(O)O)c1. The average Bonchev–Trinajstić information content (AvgIpc) is 2.29. The maximum Gasteiger partial charge on any atom is 0.491 e. The predicted molar refractivity (Wildman–Crippen MR) is 49.5 cm³/mol. The molecule has 0 unspecified atom stereocenters. The Morgan fingerprint density at radius 2 is 2.00 bits per heavy atom. The molecular formula is C5H7BClNO4S. The molecule has 0 saturated carbocycles. The van der Waals surface area contributed by atoms with Crippen molar-refractivity contribution >= 4 is 34.2 Å². The summed E-state index contributed by atoms with van der Waals surface area (Å²) in [4.78, 5) is 0. The standard InChI is InChI=1S/C5H7BClNO4S/c1-13(11,12)8-2-4(6(9)10)5(7)3-8/h2-3,9-10H,1H3. The summed E-state index contributed by atoms with van der Waals surface area (Å²) in [6, 6.07) is 0. The number of aromatic nitrogens is 1. The molecule has 1 rings (SSSR count). The van der Waals surface area contributed by atoms with E-state index >= 15 is 0 Å².